The number of hydrogen-bond donors (Lipinski definition) is 1. The number of imidazole rings is 1. The molecule has 27 heavy (non-hydrogen) atoms. The monoisotopic (exact) mass is 404 g/mol. The van der Waals surface area contributed by atoms with Gasteiger partial charge < -0.3 is 9.88 Å². The fourth-order valence-corrected chi connectivity index (χ4v) is 5.00. The standard InChI is InChI=1S/C18H24N6OS2/c1-26-18-22-21-15(24(18)14-5-2-3-6-14)7-4-8-19-16(25)11-13-12-23-9-10-27-17(23)20-13/h9-10,12,14H,2-8,11H2,1H3,(H,19,25). The van der Waals surface area contributed by atoms with Crippen LogP contribution in [-0.2, 0) is 17.6 Å². The van der Waals surface area contributed by atoms with Crippen molar-refractivity contribution in [2.75, 3.05) is 12.8 Å². The van der Waals surface area contributed by atoms with E-state index in [4.69, 9.17) is 0 Å². The van der Waals surface area contributed by atoms with Gasteiger partial charge in [0.05, 0.1) is 12.1 Å². The molecule has 1 aliphatic rings. The highest BCUT2D eigenvalue weighted by atomic mass is 32.2. The Morgan fingerprint density at radius 1 is 1.37 bits per heavy atom. The summed E-state index contributed by atoms with van der Waals surface area (Å²) in [7, 11) is 0. The number of nitrogens with one attached hydrogen (secondary N) is 1. The SMILES string of the molecule is CSc1nnc(CCCNC(=O)Cc2cn3ccsc3n2)n1C1CCCC1. The summed E-state index contributed by atoms with van der Waals surface area (Å²) in [5.41, 5.74) is 0.810. The first kappa shape index (κ1) is 18.5. The molecule has 0 atom stereocenters. The molecule has 0 aliphatic heterocycles. The molecule has 0 unspecified atom stereocenters. The maximum Gasteiger partial charge on any atom is 0.226 e. The van der Waals surface area contributed by atoms with E-state index in [1.165, 1.54) is 25.7 Å². The van der Waals surface area contributed by atoms with Crippen molar-refractivity contribution in [3.05, 3.63) is 29.3 Å². The number of aromatic nitrogens is 5. The molecule has 1 aliphatic carbocycles. The smallest absolute Gasteiger partial charge is 0.226 e. The van der Waals surface area contributed by atoms with E-state index in [2.05, 4.69) is 31.3 Å². The van der Waals surface area contributed by atoms with E-state index in [0.717, 1.165) is 34.5 Å². The van der Waals surface area contributed by atoms with Crippen LogP contribution in [0.4, 0.5) is 0 Å². The van der Waals surface area contributed by atoms with Gasteiger partial charge in [0.1, 0.15) is 5.82 Å². The summed E-state index contributed by atoms with van der Waals surface area (Å²) in [6.07, 6.45) is 13.0. The Kier molecular flexibility index (Phi) is 5.77. The highest BCUT2D eigenvalue weighted by Crippen LogP contribution is 2.33. The zero-order chi connectivity index (χ0) is 18.6. The molecule has 0 bridgehead atoms. The molecule has 1 N–H and O–H groups in total. The van der Waals surface area contributed by atoms with Crippen molar-refractivity contribution >= 4 is 34.0 Å². The molecule has 1 fully saturated rings. The summed E-state index contributed by atoms with van der Waals surface area (Å²) >= 11 is 3.24. The number of amides is 1. The topological polar surface area (TPSA) is 77.1 Å². The van der Waals surface area contributed by atoms with Crippen LogP contribution in [-0.4, -0.2) is 42.9 Å². The van der Waals surface area contributed by atoms with Gasteiger partial charge in [0.25, 0.3) is 0 Å². The Labute approximate surface area is 166 Å². The van der Waals surface area contributed by atoms with Crippen molar-refractivity contribution in [1.82, 2.24) is 29.5 Å². The number of thiazole rings is 1. The number of nitrogens with zero attached hydrogens (tertiary/aromatic N) is 5. The summed E-state index contributed by atoms with van der Waals surface area (Å²) in [6.45, 7) is 0.646. The third-order valence-electron chi connectivity index (χ3n) is 4.99. The molecule has 3 aromatic heterocycles. The molecule has 3 aromatic rings. The van der Waals surface area contributed by atoms with E-state index in [-0.39, 0.29) is 5.91 Å². The Balaban J connectivity index is 1.26. The van der Waals surface area contributed by atoms with Gasteiger partial charge in [0, 0.05) is 36.8 Å². The highest BCUT2D eigenvalue weighted by molar-refractivity contribution is 7.98. The van der Waals surface area contributed by atoms with E-state index in [0.29, 0.717) is 19.0 Å². The fourth-order valence-electron chi connectivity index (χ4n) is 3.71. The maximum absolute atomic E-state index is 12.2. The van der Waals surface area contributed by atoms with Crippen LogP contribution in [0.15, 0.2) is 22.9 Å². The van der Waals surface area contributed by atoms with Crippen molar-refractivity contribution in [3.63, 3.8) is 0 Å². The number of rotatable bonds is 8. The second-order valence-corrected chi connectivity index (χ2v) is 8.51. The molecular weight excluding hydrogens is 380 g/mol. The van der Waals surface area contributed by atoms with Crippen LogP contribution in [0.25, 0.3) is 4.96 Å². The Morgan fingerprint density at radius 3 is 3.00 bits per heavy atom. The van der Waals surface area contributed by atoms with Crippen molar-refractivity contribution in [2.45, 2.75) is 56.1 Å². The minimum atomic E-state index is 0.0165. The largest absolute Gasteiger partial charge is 0.356 e. The maximum atomic E-state index is 12.2. The molecule has 1 amide bonds. The molecule has 0 saturated heterocycles. The van der Waals surface area contributed by atoms with E-state index < -0.39 is 0 Å². The lowest BCUT2D eigenvalue weighted by Crippen LogP contribution is -2.26. The van der Waals surface area contributed by atoms with Crippen LogP contribution in [0.1, 0.15) is 49.7 Å². The summed E-state index contributed by atoms with van der Waals surface area (Å²) in [5, 5.41) is 14.7. The fraction of sp³-hybridized carbons (Fsp3) is 0.556. The quantitative estimate of drug-likeness (QED) is 0.461. The van der Waals surface area contributed by atoms with Crippen molar-refractivity contribution in [3.8, 4) is 0 Å². The third-order valence-corrected chi connectivity index (χ3v) is 6.41. The molecule has 7 nitrogen and oxygen atoms in total. The van der Waals surface area contributed by atoms with Gasteiger partial charge in [0.15, 0.2) is 10.1 Å². The first-order chi connectivity index (χ1) is 13.2. The molecule has 0 aromatic carbocycles. The zero-order valence-electron chi connectivity index (χ0n) is 15.4. The van der Waals surface area contributed by atoms with Crippen LogP contribution >= 0.6 is 23.1 Å². The van der Waals surface area contributed by atoms with Crippen molar-refractivity contribution in [1.29, 1.82) is 0 Å². The summed E-state index contributed by atoms with van der Waals surface area (Å²) in [4.78, 5) is 17.5. The van der Waals surface area contributed by atoms with Crippen LogP contribution in [0.3, 0.4) is 0 Å². The van der Waals surface area contributed by atoms with Gasteiger partial charge in [-0.2, -0.15) is 0 Å². The summed E-state index contributed by atoms with van der Waals surface area (Å²) in [5.74, 6) is 1.07. The molecule has 9 heteroatoms. The minimum absolute atomic E-state index is 0.0165. The number of carbonyl (C=O) groups excluding carboxylic acids is 1. The molecule has 3 heterocycles. The normalized spacial score (nSPS) is 15.0. The third kappa shape index (κ3) is 4.19. The molecule has 4 rings (SSSR count). The number of hydrogen-bond acceptors (Lipinski definition) is 6. The number of aryl methyl sites for hydroxylation is 1. The van der Waals surface area contributed by atoms with Gasteiger partial charge in [-0.25, -0.2) is 4.98 Å². The zero-order valence-corrected chi connectivity index (χ0v) is 17.1. The lowest BCUT2D eigenvalue weighted by molar-refractivity contribution is -0.120. The predicted octanol–water partition coefficient (Wildman–Crippen LogP) is 3.12. The molecule has 1 saturated carbocycles. The van der Waals surface area contributed by atoms with Gasteiger partial charge in [-0.15, -0.1) is 21.5 Å². The van der Waals surface area contributed by atoms with Crippen molar-refractivity contribution in [2.24, 2.45) is 0 Å². The van der Waals surface area contributed by atoms with E-state index in [9.17, 15) is 4.79 Å². The summed E-state index contributed by atoms with van der Waals surface area (Å²) < 4.78 is 4.28. The van der Waals surface area contributed by atoms with Gasteiger partial charge in [0.2, 0.25) is 5.91 Å². The van der Waals surface area contributed by atoms with Crippen LogP contribution in [0.2, 0.25) is 0 Å². The van der Waals surface area contributed by atoms with Gasteiger partial charge in [-0.3, -0.25) is 9.20 Å². The summed E-state index contributed by atoms with van der Waals surface area (Å²) in [6, 6.07) is 0.543. The Morgan fingerprint density at radius 2 is 2.22 bits per heavy atom. The number of thioether (sulfide) groups is 1. The number of fused-ring (bicyclic) bond motifs is 1. The average Bonchev–Trinajstić information content (AvgIpc) is 3.41. The van der Waals surface area contributed by atoms with Gasteiger partial charge >= 0.3 is 0 Å². The van der Waals surface area contributed by atoms with Crippen LogP contribution in [0, 0.1) is 0 Å². The minimum Gasteiger partial charge on any atom is -0.356 e. The predicted molar refractivity (Wildman–Crippen MR) is 107 cm³/mol. The Hall–Kier alpha value is -1.87. The van der Waals surface area contributed by atoms with Gasteiger partial charge in [-0.1, -0.05) is 24.6 Å². The van der Waals surface area contributed by atoms with E-state index in [1.807, 2.05) is 22.2 Å². The van der Waals surface area contributed by atoms with Crippen LogP contribution in [0.5, 0.6) is 0 Å². The molecule has 0 spiro atoms. The van der Waals surface area contributed by atoms with Crippen LogP contribution < -0.4 is 5.32 Å². The lowest BCUT2D eigenvalue weighted by Gasteiger charge is -2.16. The molecular formula is C18H24N6OS2. The lowest BCUT2D eigenvalue weighted by atomic mass is 10.2. The Bertz CT molecular complexity index is 880. The number of carbonyl (C=O) groups is 1. The second-order valence-electron chi connectivity index (χ2n) is 6.87. The highest BCUT2D eigenvalue weighted by Gasteiger charge is 2.23. The van der Waals surface area contributed by atoms with E-state index >= 15 is 0 Å². The molecule has 144 valence electrons. The molecule has 0 radical (unpaired) electrons. The second kappa shape index (κ2) is 8.43. The first-order valence-electron chi connectivity index (χ1n) is 9.40. The van der Waals surface area contributed by atoms with Crippen molar-refractivity contribution < 1.29 is 4.79 Å². The average molecular weight is 405 g/mol. The van der Waals surface area contributed by atoms with Gasteiger partial charge in [-0.05, 0) is 25.5 Å². The first-order valence-corrected chi connectivity index (χ1v) is 11.5. The van der Waals surface area contributed by atoms with E-state index in [1.54, 1.807) is 23.1 Å².